The summed E-state index contributed by atoms with van der Waals surface area (Å²) in [5.41, 5.74) is 4.32. The lowest BCUT2D eigenvalue weighted by Gasteiger charge is -2.11. The van der Waals surface area contributed by atoms with Crippen molar-refractivity contribution >= 4 is 10.0 Å². The van der Waals surface area contributed by atoms with Gasteiger partial charge in [0.05, 0.1) is 0 Å². The molecule has 0 unspecified atom stereocenters. The Kier molecular flexibility index (Phi) is 4.48. The Morgan fingerprint density at radius 2 is 1.79 bits per heavy atom. The monoisotopic (exact) mass is 304 g/mol. The van der Waals surface area contributed by atoms with E-state index in [1.54, 1.807) is 0 Å². The lowest BCUT2D eigenvalue weighted by Crippen LogP contribution is -2.34. The molecule has 0 bridgehead atoms. The number of halogens is 5. The summed E-state index contributed by atoms with van der Waals surface area (Å²) in [6, 6.07) is 1.15. The summed E-state index contributed by atoms with van der Waals surface area (Å²) in [5, 5.41) is 0. The van der Waals surface area contributed by atoms with Gasteiger partial charge in [-0.25, -0.2) is 21.9 Å². The molecule has 0 saturated heterocycles. The maximum absolute atomic E-state index is 13.6. The van der Waals surface area contributed by atoms with Gasteiger partial charge in [-0.1, -0.05) is 0 Å². The first-order valence-electron chi connectivity index (χ1n) is 4.82. The Morgan fingerprint density at radius 3 is 2.26 bits per heavy atom. The molecule has 0 spiro atoms. The molecule has 0 fully saturated rings. The second kappa shape index (κ2) is 5.39. The van der Waals surface area contributed by atoms with Crippen LogP contribution in [0.5, 0.6) is 0 Å². The van der Waals surface area contributed by atoms with Crippen LogP contribution < -0.4 is 10.5 Å². The lowest BCUT2D eigenvalue weighted by atomic mass is 10.2. The smallest absolute Gasteiger partial charge is 0.326 e. The van der Waals surface area contributed by atoms with Gasteiger partial charge in [0.2, 0.25) is 10.0 Å². The van der Waals surface area contributed by atoms with Crippen LogP contribution in [-0.4, -0.2) is 21.1 Å². The van der Waals surface area contributed by atoms with E-state index in [9.17, 15) is 30.4 Å². The second-order valence-corrected chi connectivity index (χ2v) is 5.22. The fraction of sp³-hybridized carbons (Fsp3) is 0.333. The molecule has 4 nitrogen and oxygen atoms in total. The third-order valence-corrected chi connectivity index (χ3v) is 3.53. The van der Waals surface area contributed by atoms with E-state index in [4.69, 9.17) is 5.73 Å². The molecule has 0 aliphatic rings. The van der Waals surface area contributed by atoms with Gasteiger partial charge in [0.25, 0.3) is 0 Å². The number of hydrogen-bond acceptors (Lipinski definition) is 3. The van der Waals surface area contributed by atoms with Crippen molar-refractivity contribution in [3.8, 4) is 0 Å². The van der Waals surface area contributed by atoms with E-state index in [1.807, 2.05) is 0 Å². The van der Waals surface area contributed by atoms with E-state index >= 15 is 0 Å². The summed E-state index contributed by atoms with van der Waals surface area (Å²) < 4.78 is 86.5. The molecular formula is C9H9F5N2O2S. The summed E-state index contributed by atoms with van der Waals surface area (Å²) in [6.07, 6.45) is -4.79. The normalized spacial score (nSPS) is 12.7. The molecule has 0 aromatic heterocycles. The first-order valence-corrected chi connectivity index (χ1v) is 6.30. The zero-order valence-corrected chi connectivity index (χ0v) is 10.1. The Hall–Kier alpha value is -1.26. The van der Waals surface area contributed by atoms with Crippen LogP contribution in [0, 0.1) is 11.6 Å². The summed E-state index contributed by atoms with van der Waals surface area (Å²) in [4.78, 5) is -1.08. The van der Waals surface area contributed by atoms with Crippen LogP contribution in [0.25, 0.3) is 0 Å². The number of rotatable bonds is 4. The molecule has 0 atom stereocenters. The van der Waals surface area contributed by atoms with Gasteiger partial charge in [-0.15, -0.1) is 0 Å². The fourth-order valence-electron chi connectivity index (χ4n) is 1.23. The third kappa shape index (κ3) is 3.85. The van der Waals surface area contributed by atoms with Gasteiger partial charge in [-0.2, -0.15) is 13.2 Å². The molecule has 1 aromatic carbocycles. The molecule has 0 aliphatic heterocycles. The van der Waals surface area contributed by atoms with Crippen molar-refractivity contribution in [3.05, 3.63) is 29.3 Å². The molecule has 3 N–H and O–H groups in total. The molecule has 0 heterocycles. The zero-order valence-electron chi connectivity index (χ0n) is 9.26. The van der Waals surface area contributed by atoms with E-state index in [0.29, 0.717) is 12.1 Å². The van der Waals surface area contributed by atoms with Gasteiger partial charge < -0.3 is 5.73 Å². The van der Waals surface area contributed by atoms with Crippen LogP contribution in [0.15, 0.2) is 17.0 Å². The van der Waals surface area contributed by atoms with E-state index in [-0.39, 0.29) is 0 Å². The largest absolute Gasteiger partial charge is 0.402 e. The predicted molar refractivity (Wildman–Crippen MR) is 55.5 cm³/mol. The van der Waals surface area contributed by atoms with Gasteiger partial charge >= 0.3 is 6.18 Å². The minimum Gasteiger partial charge on any atom is -0.326 e. The summed E-state index contributed by atoms with van der Waals surface area (Å²) >= 11 is 0. The minimum atomic E-state index is -4.79. The molecule has 10 heteroatoms. The van der Waals surface area contributed by atoms with Gasteiger partial charge in [0.1, 0.15) is 17.3 Å². The van der Waals surface area contributed by atoms with Gasteiger partial charge in [0.15, 0.2) is 5.82 Å². The molecule has 0 radical (unpaired) electrons. The Bertz CT molecular complexity index is 571. The summed E-state index contributed by atoms with van der Waals surface area (Å²) in [7, 11) is -4.74. The Morgan fingerprint density at radius 1 is 1.21 bits per heavy atom. The topological polar surface area (TPSA) is 72.2 Å². The average molecular weight is 304 g/mol. The third-order valence-electron chi connectivity index (χ3n) is 2.11. The number of nitrogens with two attached hydrogens (primary N) is 1. The SMILES string of the molecule is NCc1c(F)ccc(S(=O)(=O)NCC(F)(F)F)c1F. The van der Waals surface area contributed by atoms with Gasteiger partial charge in [-0.05, 0) is 12.1 Å². The summed E-state index contributed by atoms with van der Waals surface area (Å²) in [5.74, 6) is -2.58. The Labute approximate surface area is 105 Å². The van der Waals surface area contributed by atoms with Crippen molar-refractivity contribution in [3.63, 3.8) is 0 Å². The number of hydrogen-bond donors (Lipinski definition) is 2. The van der Waals surface area contributed by atoms with E-state index in [2.05, 4.69) is 0 Å². The second-order valence-electron chi connectivity index (χ2n) is 3.48. The number of sulfonamides is 1. The highest BCUT2D eigenvalue weighted by molar-refractivity contribution is 7.89. The number of alkyl halides is 3. The Balaban J connectivity index is 3.16. The van der Waals surface area contributed by atoms with Crippen LogP contribution in [0.1, 0.15) is 5.56 Å². The fourth-order valence-corrected chi connectivity index (χ4v) is 2.34. The van der Waals surface area contributed by atoms with Crippen LogP contribution in [0.4, 0.5) is 22.0 Å². The van der Waals surface area contributed by atoms with Crippen LogP contribution in [-0.2, 0) is 16.6 Å². The molecule has 19 heavy (non-hydrogen) atoms. The predicted octanol–water partition coefficient (Wildman–Crippen LogP) is 1.26. The maximum atomic E-state index is 13.6. The summed E-state index contributed by atoms with van der Waals surface area (Å²) in [6.45, 7) is -2.48. The molecule has 0 amide bonds. The van der Waals surface area contributed by atoms with Crippen molar-refractivity contribution in [2.45, 2.75) is 17.6 Å². The van der Waals surface area contributed by atoms with Crippen molar-refractivity contribution in [2.24, 2.45) is 5.73 Å². The molecule has 1 aromatic rings. The van der Waals surface area contributed by atoms with Crippen molar-refractivity contribution in [1.82, 2.24) is 4.72 Å². The molecule has 0 saturated carbocycles. The first-order chi connectivity index (χ1) is 8.58. The average Bonchev–Trinajstić information content (AvgIpc) is 2.26. The number of nitrogens with one attached hydrogen (secondary N) is 1. The lowest BCUT2D eigenvalue weighted by molar-refractivity contribution is -0.121. The zero-order chi connectivity index (χ0) is 14.8. The standard InChI is InChI=1S/C9H9F5N2O2S/c10-6-1-2-7(8(11)5(6)3-15)19(17,18)16-4-9(12,13)14/h1-2,16H,3-4,15H2. The number of benzene rings is 1. The minimum absolute atomic E-state index is 0.530. The van der Waals surface area contributed by atoms with Crippen LogP contribution in [0.2, 0.25) is 0 Å². The highest BCUT2D eigenvalue weighted by Gasteiger charge is 2.31. The van der Waals surface area contributed by atoms with Crippen LogP contribution in [0.3, 0.4) is 0 Å². The van der Waals surface area contributed by atoms with E-state index in [1.165, 1.54) is 4.72 Å². The van der Waals surface area contributed by atoms with Gasteiger partial charge in [0, 0.05) is 12.1 Å². The molecular weight excluding hydrogens is 295 g/mol. The first kappa shape index (κ1) is 15.8. The highest BCUT2D eigenvalue weighted by Crippen LogP contribution is 2.21. The van der Waals surface area contributed by atoms with Gasteiger partial charge in [-0.3, -0.25) is 0 Å². The molecule has 108 valence electrons. The van der Waals surface area contributed by atoms with E-state index in [0.717, 1.165) is 0 Å². The van der Waals surface area contributed by atoms with E-state index < -0.39 is 51.4 Å². The van der Waals surface area contributed by atoms with Crippen molar-refractivity contribution in [2.75, 3.05) is 6.54 Å². The quantitative estimate of drug-likeness (QED) is 0.823. The highest BCUT2D eigenvalue weighted by atomic mass is 32.2. The van der Waals surface area contributed by atoms with Crippen molar-refractivity contribution < 1.29 is 30.4 Å². The molecule has 0 aliphatic carbocycles. The maximum Gasteiger partial charge on any atom is 0.402 e. The van der Waals surface area contributed by atoms with Crippen LogP contribution >= 0.6 is 0 Å². The molecule has 1 rings (SSSR count). The van der Waals surface area contributed by atoms with Crippen molar-refractivity contribution in [1.29, 1.82) is 0 Å².